The van der Waals surface area contributed by atoms with Crippen molar-refractivity contribution in [2.75, 3.05) is 14.2 Å². The Balaban J connectivity index is 3.44. The molecule has 0 aromatic heterocycles. The van der Waals surface area contributed by atoms with E-state index < -0.39 is 5.97 Å². The van der Waals surface area contributed by atoms with Crippen LogP contribution >= 0.6 is 15.9 Å². The first-order valence-electron chi connectivity index (χ1n) is 5.28. The van der Waals surface area contributed by atoms with Gasteiger partial charge in [0.15, 0.2) is 5.96 Å². The first kappa shape index (κ1) is 15.8. The molecular weight excluding hydrogens is 330 g/mol. The van der Waals surface area contributed by atoms with Gasteiger partial charge < -0.3 is 26.7 Å². The van der Waals surface area contributed by atoms with Crippen LogP contribution in [-0.2, 0) is 4.74 Å². The van der Waals surface area contributed by atoms with Crippen molar-refractivity contribution >= 4 is 39.5 Å². The normalized spacial score (nSPS) is 10.8. The Bertz CT molecular complexity index is 582. The van der Waals surface area contributed by atoms with Crippen LogP contribution in [0.1, 0.15) is 10.4 Å². The third-order valence-electron chi connectivity index (χ3n) is 2.15. The van der Waals surface area contributed by atoms with Gasteiger partial charge in [-0.15, -0.1) is 0 Å². The van der Waals surface area contributed by atoms with Crippen LogP contribution in [0.2, 0.25) is 0 Å². The summed E-state index contributed by atoms with van der Waals surface area (Å²) in [7, 11) is 2.72. The first-order valence-corrected chi connectivity index (χ1v) is 6.08. The van der Waals surface area contributed by atoms with Gasteiger partial charge in [-0.1, -0.05) is 0 Å². The van der Waals surface area contributed by atoms with Crippen LogP contribution in [0, 0.1) is 0 Å². The van der Waals surface area contributed by atoms with Crippen molar-refractivity contribution in [3.05, 3.63) is 22.2 Å². The molecule has 0 aliphatic carbocycles. The SMILES string of the molecule is COC(=O)c1cc(OC)cc(Br)c1N=C(N)N=C(N)N. The topological polar surface area (TPSA) is 138 Å². The predicted octanol–water partition coefficient (Wildman–Crippen LogP) is 0.464. The van der Waals surface area contributed by atoms with Crippen molar-refractivity contribution in [2.24, 2.45) is 27.2 Å². The quantitative estimate of drug-likeness (QED) is 0.414. The van der Waals surface area contributed by atoms with Gasteiger partial charge in [-0.25, -0.2) is 9.79 Å². The highest BCUT2D eigenvalue weighted by Crippen LogP contribution is 2.34. The van der Waals surface area contributed by atoms with E-state index in [0.29, 0.717) is 10.2 Å². The molecule has 0 bridgehead atoms. The van der Waals surface area contributed by atoms with Gasteiger partial charge in [0.2, 0.25) is 5.96 Å². The molecule has 0 heterocycles. The Hall–Kier alpha value is -2.29. The van der Waals surface area contributed by atoms with E-state index in [4.69, 9.17) is 21.9 Å². The number of methoxy groups -OCH3 is 2. The summed E-state index contributed by atoms with van der Waals surface area (Å²) < 4.78 is 10.2. The Morgan fingerprint density at radius 1 is 1.25 bits per heavy atom. The lowest BCUT2D eigenvalue weighted by Crippen LogP contribution is -2.26. The zero-order valence-corrected chi connectivity index (χ0v) is 12.5. The fourth-order valence-corrected chi connectivity index (χ4v) is 1.87. The molecule has 108 valence electrons. The van der Waals surface area contributed by atoms with E-state index in [1.165, 1.54) is 20.3 Å². The van der Waals surface area contributed by atoms with Crippen LogP contribution in [0.15, 0.2) is 26.6 Å². The predicted molar refractivity (Wildman–Crippen MR) is 79.1 cm³/mol. The van der Waals surface area contributed by atoms with E-state index in [1.54, 1.807) is 6.07 Å². The zero-order chi connectivity index (χ0) is 15.3. The number of halogens is 1. The molecule has 6 N–H and O–H groups in total. The highest BCUT2D eigenvalue weighted by Gasteiger charge is 2.17. The summed E-state index contributed by atoms with van der Waals surface area (Å²) in [5.41, 5.74) is 16.3. The number of aliphatic imine (C=N–C) groups is 2. The van der Waals surface area contributed by atoms with Crippen molar-refractivity contribution in [3.8, 4) is 5.75 Å². The molecule has 0 aliphatic rings. The summed E-state index contributed by atoms with van der Waals surface area (Å²) >= 11 is 3.27. The molecule has 1 aromatic rings. The minimum atomic E-state index is -0.596. The summed E-state index contributed by atoms with van der Waals surface area (Å²) in [5.74, 6) is -0.575. The van der Waals surface area contributed by atoms with Crippen LogP contribution in [0.3, 0.4) is 0 Å². The summed E-state index contributed by atoms with van der Waals surface area (Å²) in [4.78, 5) is 19.3. The maximum Gasteiger partial charge on any atom is 0.340 e. The Morgan fingerprint density at radius 2 is 1.90 bits per heavy atom. The minimum Gasteiger partial charge on any atom is -0.497 e. The maximum absolute atomic E-state index is 11.8. The van der Waals surface area contributed by atoms with Crippen LogP contribution in [0.25, 0.3) is 0 Å². The monoisotopic (exact) mass is 343 g/mol. The van der Waals surface area contributed by atoms with Crippen LogP contribution in [-0.4, -0.2) is 32.1 Å². The number of hydrogen-bond donors (Lipinski definition) is 3. The molecule has 0 saturated heterocycles. The molecule has 0 unspecified atom stereocenters. The number of carbonyl (C=O) groups is 1. The molecule has 0 amide bonds. The van der Waals surface area contributed by atoms with E-state index in [0.717, 1.165) is 0 Å². The maximum atomic E-state index is 11.8. The standard InChI is InChI=1S/C11H14BrN5O3/c1-19-5-3-6(9(18)20-2)8(7(12)4-5)16-11(15)17-10(13)14/h3-4H,1-2H3,(H6,13,14,15,16,17). The van der Waals surface area contributed by atoms with Crippen LogP contribution < -0.4 is 21.9 Å². The second-order valence-corrected chi connectivity index (χ2v) is 4.36. The number of guanidine groups is 2. The van der Waals surface area contributed by atoms with Gasteiger partial charge in [0.25, 0.3) is 0 Å². The molecule has 0 atom stereocenters. The average Bonchev–Trinajstić information content (AvgIpc) is 2.38. The van der Waals surface area contributed by atoms with Gasteiger partial charge in [-0.05, 0) is 28.1 Å². The summed E-state index contributed by atoms with van der Waals surface area (Å²) in [6, 6.07) is 3.09. The Kier molecular flexibility index (Phi) is 5.32. The number of esters is 1. The van der Waals surface area contributed by atoms with E-state index >= 15 is 0 Å². The molecule has 0 saturated carbocycles. The number of carbonyl (C=O) groups excluding carboxylic acids is 1. The summed E-state index contributed by atoms with van der Waals surface area (Å²) in [6.07, 6.45) is 0. The third-order valence-corrected chi connectivity index (χ3v) is 2.75. The summed E-state index contributed by atoms with van der Waals surface area (Å²) in [5, 5.41) is 0. The molecule has 20 heavy (non-hydrogen) atoms. The van der Waals surface area contributed by atoms with Gasteiger partial charge in [0, 0.05) is 4.47 Å². The van der Waals surface area contributed by atoms with Gasteiger partial charge in [-0.3, -0.25) is 0 Å². The molecule has 0 fully saturated rings. The molecular formula is C11H14BrN5O3. The number of rotatable bonds is 3. The van der Waals surface area contributed by atoms with Crippen molar-refractivity contribution in [2.45, 2.75) is 0 Å². The number of hydrogen-bond acceptors (Lipinski definition) is 4. The van der Waals surface area contributed by atoms with Crippen LogP contribution in [0.5, 0.6) is 5.75 Å². The molecule has 8 nitrogen and oxygen atoms in total. The molecule has 0 radical (unpaired) electrons. The molecule has 1 aromatic carbocycles. The second-order valence-electron chi connectivity index (χ2n) is 3.50. The van der Waals surface area contributed by atoms with E-state index in [1.807, 2.05) is 0 Å². The van der Waals surface area contributed by atoms with Crippen LogP contribution in [0.4, 0.5) is 5.69 Å². The number of nitrogens with two attached hydrogens (primary N) is 3. The molecule has 1 rings (SSSR count). The first-order chi connectivity index (χ1) is 9.38. The largest absolute Gasteiger partial charge is 0.497 e. The molecule has 0 aliphatic heterocycles. The van der Waals surface area contributed by atoms with Crippen molar-refractivity contribution in [1.82, 2.24) is 0 Å². The lowest BCUT2D eigenvalue weighted by molar-refractivity contribution is 0.0601. The fraction of sp³-hybridized carbons (Fsp3) is 0.182. The second kappa shape index (κ2) is 6.75. The van der Waals surface area contributed by atoms with Gasteiger partial charge in [0.05, 0.1) is 25.5 Å². The molecule has 9 heteroatoms. The van der Waals surface area contributed by atoms with E-state index in [9.17, 15) is 4.79 Å². The number of ether oxygens (including phenoxy) is 2. The summed E-state index contributed by atoms with van der Waals surface area (Å²) in [6.45, 7) is 0. The van der Waals surface area contributed by atoms with Gasteiger partial charge in [-0.2, -0.15) is 4.99 Å². The minimum absolute atomic E-state index is 0.160. The number of nitrogens with zero attached hydrogens (tertiary/aromatic N) is 2. The number of benzene rings is 1. The fourth-order valence-electron chi connectivity index (χ4n) is 1.34. The third kappa shape index (κ3) is 3.85. The Morgan fingerprint density at radius 3 is 2.40 bits per heavy atom. The van der Waals surface area contributed by atoms with E-state index in [2.05, 4.69) is 30.7 Å². The van der Waals surface area contributed by atoms with Gasteiger partial charge >= 0.3 is 5.97 Å². The lowest BCUT2D eigenvalue weighted by Gasteiger charge is -2.09. The highest BCUT2D eigenvalue weighted by molar-refractivity contribution is 9.10. The van der Waals surface area contributed by atoms with Gasteiger partial charge in [0.1, 0.15) is 5.75 Å². The average molecular weight is 344 g/mol. The smallest absolute Gasteiger partial charge is 0.340 e. The Labute approximate surface area is 123 Å². The zero-order valence-electron chi connectivity index (χ0n) is 10.9. The van der Waals surface area contributed by atoms with E-state index in [-0.39, 0.29) is 23.2 Å². The molecule has 0 spiro atoms. The lowest BCUT2D eigenvalue weighted by atomic mass is 10.1. The highest BCUT2D eigenvalue weighted by atomic mass is 79.9. The van der Waals surface area contributed by atoms with Crippen molar-refractivity contribution < 1.29 is 14.3 Å². The van der Waals surface area contributed by atoms with Crippen molar-refractivity contribution in [1.29, 1.82) is 0 Å². The van der Waals surface area contributed by atoms with Crippen molar-refractivity contribution in [3.63, 3.8) is 0 Å².